The molecule has 96 valence electrons. The zero-order valence-electron chi connectivity index (χ0n) is 10.6. The molecular weight excluding hydrogens is 208 g/mol. The molecule has 5 heteroatoms. The number of rotatable bonds is 10. The summed E-state index contributed by atoms with van der Waals surface area (Å²) in [7, 11) is 3.95. The molecule has 1 amide bonds. The maximum Gasteiger partial charge on any atom is 0.222 e. The van der Waals surface area contributed by atoms with Gasteiger partial charge >= 0.3 is 0 Å². The first-order valence-corrected chi connectivity index (χ1v) is 5.73. The van der Waals surface area contributed by atoms with Gasteiger partial charge in [-0.15, -0.1) is 0 Å². The van der Waals surface area contributed by atoms with E-state index in [9.17, 15) is 4.79 Å². The molecule has 0 radical (unpaired) electrons. The molecule has 0 aromatic heterocycles. The smallest absolute Gasteiger partial charge is 0.222 e. The molecule has 0 aliphatic rings. The summed E-state index contributed by atoms with van der Waals surface area (Å²) in [5.74, 6) is 0.0401. The second-order valence-corrected chi connectivity index (χ2v) is 3.71. The van der Waals surface area contributed by atoms with Gasteiger partial charge in [-0.1, -0.05) is 0 Å². The number of hydrogen-bond acceptors (Lipinski definition) is 4. The number of likely N-dealkylation sites (N-methyl/N-ethyl adjacent to an activating group) is 1. The lowest BCUT2D eigenvalue weighted by atomic mass is 10.4. The summed E-state index contributed by atoms with van der Waals surface area (Å²) < 4.78 is 10.3. The van der Waals surface area contributed by atoms with Gasteiger partial charge in [0.1, 0.15) is 0 Å². The second kappa shape index (κ2) is 10.9. The Morgan fingerprint density at radius 3 is 2.50 bits per heavy atom. The van der Waals surface area contributed by atoms with E-state index in [4.69, 9.17) is 9.47 Å². The van der Waals surface area contributed by atoms with Crippen LogP contribution >= 0.6 is 0 Å². The average molecular weight is 232 g/mol. The minimum atomic E-state index is 0.0401. The van der Waals surface area contributed by atoms with Crippen molar-refractivity contribution in [1.82, 2.24) is 10.2 Å². The van der Waals surface area contributed by atoms with Gasteiger partial charge < -0.3 is 19.7 Å². The van der Waals surface area contributed by atoms with Gasteiger partial charge in [-0.3, -0.25) is 4.79 Å². The summed E-state index contributed by atoms with van der Waals surface area (Å²) in [6, 6.07) is 0. The molecule has 0 rings (SSSR count). The fourth-order valence-electron chi connectivity index (χ4n) is 1.04. The molecule has 0 unspecified atom stereocenters. The highest BCUT2D eigenvalue weighted by Gasteiger charge is 2.00. The normalized spacial score (nSPS) is 10.8. The van der Waals surface area contributed by atoms with Crippen molar-refractivity contribution < 1.29 is 14.3 Å². The van der Waals surface area contributed by atoms with E-state index in [2.05, 4.69) is 5.32 Å². The summed E-state index contributed by atoms with van der Waals surface area (Å²) in [4.78, 5) is 13.3. The Labute approximate surface area is 98.1 Å². The van der Waals surface area contributed by atoms with Crippen LogP contribution in [0.5, 0.6) is 0 Å². The minimum Gasteiger partial charge on any atom is -0.379 e. The van der Waals surface area contributed by atoms with Gasteiger partial charge in [-0.2, -0.15) is 0 Å². The summed E-state index contributed by atoms with van der Waals surface area (Å²) in [6.45, 7) is 5.80. The minimum absolute atomic E-state index is 0.0401. The highest BCUT2D eigenvalue weighted by atomic mass is 16.5. The summed E-state index contributed by atoms with van der Waals surface area (Å²) in [5, 5.41) is 2.82. The molecule has 0 aliphatic heterocycles. The van der Waals surface area contributed by atoms with E-state index in [1.54, 1.807) is 0 Å². The molecule has 0 aromatic carbocycles. The van der Waals surface area contributed by atoms with Gasteiger partial charge in [0.2, 0.25) is 5.91 Å². The van der Waals surface area contributed by atoms with E-state index >= 15 is 0 Å². The standard InChI is InChI=1S/C11H24N2O3/c1-4-15-9-10-16-8-5-11(14)12-6-7-13(2)3/h4-10H2,1-3H3,(H,12,14). The van der Waals surface area contributed by atoms with E-state index in [-0.39, 0.29) is 5.91 Å². The third-order valence-corrected chi connectivity index (χ3v) is 1.93. The van der Waals surface area contributed by atoms with Crippen molar-refractivity contribution in [2.45, 2.75) is 13.3 Å². The summed E-state index contributed by atoms with van der Waals surface area (Å²) in [6.07, 6.45) is 0.416. The lowest BCUT2D eigenvalue weighted by molar-refractivity contribution is -0.122. The Bertz CT molecular complexity index is 175. The third-order valence-electron chi connectivity index (χ3n) is 1.93. The zero-order valence-corrected chi connectivity index (χ0v) is 10.6. The Balaban J connectivity index is 3.17. The molecule has 0 saturated heterocycles. The maximum atomic E-state index is 11.3. The van der Waals surface area contributed by atoms with Crippen molar-refractivity contribution in [3.8, 4) is 0 Å². The topological polar surface area (TPSA) is 50.8 Å². The molecule has 0 spiro atoms. The van der Waals surface area contributed by atoms with Crippen molar-refractivity contribution in [2.75, 3.05) is 53.6 Å². The van der Waals surface area contributed by atoms with Crippen molar-refractivity contribution in [3.63, 3.8) is 0 Å². The van der Waals surface area contributed by atoms with Crippen LogP contribution in [0.1, 0.15) is 13.3 Å². The fourth-order valence-corrected chi connectivity index (χ4v) is 1.04. The third kappa shape index (κ3) is 11.4. The molecule has 0 fully saturated rings. The number of carbonyl (C=O) groups excluding carboxylic acids is 1. The fraction of sp³-hybridized carbons (Fsp3) is 0.909. The van der Waals surface area contributed by atoms with Crippen LogP contribution < -0.4 is 5.32 Å². The van der Waals surface area contributed by atoms with Crippen LogP contribution in [0, 0.1) is 0 Å². The van der Waals surface area contributed by atoms with Crippen LogP contribution in [0.2, 0.25) is 0 Å². The molecule has 0 aromatic rings. The highest BCUT2D eigenvalue weighted by Crippen LogP contribution is 1.84. The van der Waals surface area contributed by atoms with Crippen molar-refractivity contribution >= 4 is 5.91 Å². The van der Waals surface area contributed by atoms with E-state index in [0.29, 0.717) is 39.4 Å². The quantitative estimate of drug-likeness (QED) is 0.543. The molecule has 0 atom stereocenters. The highest BCUT2D eigenvalue weighted by molar-refractivity contribution is 5.75. The van der Waals surface area contributed by atoms with E-state index < -0.39 is 0 Å². The number of carbonyl (C=O) groups is 1. The van der Waals surface area contributed by atoms with Crippen LogP contribution in [0.25, 0.3) is 0 Å². The van der Waals surface area contributed by atoms with Gasteiger partial charge in [0.15, 0.2) is 0 Å². The number of ether oxygens (including phenoxy) is 2. The first-order chi connectivity index (χ1) is 7.66. The van der Waals surface area contributed by atoms with Crippen LogP contribution in [-0.4, -0.2) is 64.4 Å². The summed E-state index contributed by atoms with van der Waals surface area (Å²) in [5.41, 5.74) is 0. The lowest BCUT2D eigenvalue weighted by Gasteiger charge is -2.10. The zero-order chi connectivity index (χ0) is 12.2. The van der Waals surface area contributed by atoms with Crippen molar-refractivity contribution in [3.05, 3.63) is 0 Å². The number of amides is 1. The Hall–Kier alpha value is -0.650. The molecule has 1 N–H and O–H groups in total. The number of nitrogens with one attached hydrogen (secondary N) is 1. The predicted octanol–water partition coefficient (Wildman–Crippen LogP) is 0.107. The van der Waals surface area contributed by atoms with Crippen LogP contribution in [0.4, 0.5) is 0 Å². The number of nitrogens with zero attached hydrogens (tertiary/aromatic N) is 1. The number of hydrogen-bond donors (Lipinski definition) is 1. The lowest BCUT2D eigenvalue weighted by Crippen LogP contribution is -2.31. The molecule has 0 bridgehead atoms. The van der Waals surface area contributed by atoms with Gasteiger partial charge in [-0.05, 0) is 21.0 Å². The van der Waals surface area contributed by atoms with Gasteiger partial charge in [-0.25, -0.2) is 0 Å². The van der Waals surface area contributed by atoms with E-state index in [0.717, 1.165) is 6.54 Å². The van der Waals surface area contributed by atoms with Gasteiger partial charge in [0.05, 0.1) is 19.8 Å². The summed E-state index contributed by atoms with van der Waals surface area (Å²) >= 11 is 0. The predicted molar refractivity (Wildman–Crippen MR) is 63.5 cm³/mol. The monoisotopic (exact) mass is 232 g/mol. The van der Waals surface area contributed by atoms with Crippen LogP contribution in [0.15, 0.2) is 0 Å². The van der Waals surface area contributed by atoms with Crippen LogP contribution in [0.3, 0.4) is 0 Å². The van der Waals surface area contributed by atoms with Crippen molar-refractivity contribution in [2.24, 2.45) is 0 Å². The van der Waals surface area contributed by atoms with Crippen molar-refractivity contribution in [1.29, 1.82) is 0 Å². The van der Waals surface area contributed by atoms with Gasteiger partial charge in [0.25, 0.3) is 0 Å². The first-order valence-electron chi connectivity index (χ1n) is 5.73. The van der Waals surface area contributed by atoms with E-state index in [1.807, 2.05) is 25.9 Å². The molecule has 5 nitrogen and oxygen atoms in total. The molecule has 0 saturated carbocycles. The second-order valence-electron chi connectivity index (χ2n) is 3.71. The Kier molecular flexibility index (Phi) is 10.4. The van der Waals surface area contributed by atoms with Crippen LogP contribution in [-0.2, 0) is 14.3 Å². The largest absolute Gasteiger partial charge is 0.379 e. The molecule has 0 heterocycles. The average Bonchev–Trinajstić information content (AvgIpc) is 2.22. The Morgan fingerprint density at radius 2 is 1.88 bits per heavy atom. The SMILES string of the molecule is CCOCCOCCC(=O)NCCN(C)C. The molecule has 16 heavy (non-hydrogen) atoms. The Morgan fingerprint density at radius 1 is 1.19 bits per heavy atom. The van der Waals surface area contributed by atoms with E-state index in [1.165, 1.54) is 0 Å². The molecular formula is C11H24N2O3. The first kappa shape index (κ1) is 15.3. The maximum absolute atomic E-state index is 11.3. The molecule has 0 aliphatic carbocycles. The van der Waals surface area contributed by atoms with Gasteiger partial charge in [0, 0.05) is 26.1 Å².